The van der Waals surface area contributed by atoms with Crippen molar-refractivity contribution < 1.29 is 4.57 Å². The van der Waals surface area contributed by atoms with Crippen molar-refractivity contribution in [3.63, 3.8) is 0 Å². The molecule has 0 N–H and O–H groups in total. The SMILES string of the molecule is O=P1(c2ccccc2)c2ccccc2-c2ccc3c(c21)c1ccccc1n3-c1ccc(N(c2ccccc2)c2ccccc2)cc1. The summed E-state index contributed by atoms with van der Waals surface area (Å²) in [5.41, 5.74) is 8.62. The Bertz CT molecular complexity index is 2390. The van der Waals surface area contributed by atoms with Crippen molar-refractivity contribution in [1.82, 2.24) is 4.57 Å². The highest BCUT2D eigenvalue weighted by Crippen LogP contribution is 2.55. The monoisotopic (exact) mass is 608 g/mol. The number of fused-ring (bicyclic) bond motifs is 7. The molecule has 1 unspecified atom stereocenters. The van der Waals surface area contributed by atoms with E-state index >= 15 is 4.57 Å². The minimum atomic E-state index is -3.14. The zero-order valence-electron chi connectivity index (χ0n) is 25.0. The summed E-state index contributed by atoms with van der Waals surface area (Å²) in [7, 11) is -3.14. The number of aromatic nitrogens is 1. The Hall–Kier alpha value is -5.63. The first-order valence-corrected chi connectivity index (χ1v) is 17.3. The summed E-state index contributed by atoms with van der Waals surface area (Å²) in [6.07, 6.45) is 0. The van der Waals surface area contributed by atoms with E-state index in [1.54, 1.807) is 0 Å². The Morgan fingerprint density at radius 1 is 0.457 bits per heavy atom. The molecule has 1 atom stereocenters. The molecule has 0 fully saturated rings. The largest absolute Gasteiger partial charge is 0.311 e. The first-order valence-electron chi connectivity index (χ1n) is 15.6. The number of hydrogen-bond donors (Lipinski definition) is 0. The lowest BCUT2D eigenvalue weighted by Gasteiger charge is -2.25. The third-order valence-electron chi connectivity index (χ3n) is 9.17. The Kier molecular flexibility index (Phi) is 6.09. The number of rotatable bonds is 5. The molecule has 0 bridgehead atoms. The van der Waals surface area contributed by atoms with Crippen LogP contribution in [0.15, 0.2) is 176 Å². The maximum absolute atomic E-state index is 15.6. The van der Waals surface area contributed by atoms with Crippen LogP contribution in [0.1, 0.15) is 0 Å². The Morgan fingerprint density at radius 3 is 1.72 bits per heavy atom. The average molecular weight is 609 g/mol. The van der Waals surface area contributed by atoms with Gasteiger partial charge in [-0.05, 0) is 71.8 Å². The molecule has 4 heteroatoms. The van der Waals surface area contributed by atoms with E-state index in [4.69, 9.17) is 0 Å². The zero-order chi connectivity index (χ0) is 30.7. The second kappa shape index (κ2) is 10.5. The number of benzene rings is 7. The van der Waals surface area contributed by atoms with Gasteiger partial charge in [0, 0.05) is 49.4 Å². The fourth-order valence-corrected chi connectivity index (χ4v) is 10.5. The molecule has 8 aromatic rings. The van der Waals surface area contributed by atoms with E-state index in [0.717, 1.165) is 71.6 Å². The lowest BCUT2D eigenvalue weighted by molar-refractivity contribution is 0.593. The van der Waals surface area contributed by atoms with Crippen molar-refractivity contribution in [2.45, 2.75) is 0 Å². The van der Waals surface area contributed by atoms with Crippen molar-refractivity contribution in [2.75, 3.05) is 4.90 Å². The van der Waals surface area contributed by atoms with Crippen LogP contribution in [-0.4, -0.2) is 4.57 Å². The lowest BCUT2D eigenvalue weighted by atomic mass is 10.0. The van der Waals surface area contributed by atoms with E-state index in [9.17, 15) is 0 Å². The molecular weight excluding hydrogens is 579 g/mol. The normalized spacial score (nSPS) is 15.1. The van der Waals surface area contributed by atoms with Gasteiger partial charge < -0.3 is 14.0 Å². The first kappa shape index (κ1) is 26.7. The number of hydrogen-bond acceptors (Lipinski definition) is 2. The van der Waals surface area contributed by atoms with Gasteiger partial charge in [0.05, 0.1) is 11.0 Å². The molecule has 3 nitrogen and oxygen atoms in total. The molecule has 1 aliphatic rings. The highest BCUT2D eigenvalue weighted by molar-refractivity contribution is 7.86. The Labute approximate surface area is 268 Å². The van der Waals surface area contributed by atoms with E-state index in [1.807, 2.05) is 54.6 Å². The molecule has 2 heterocycles. The van der Waals surface area contributed by atoms with Gasteiger partial charge in [-0.15, -0.1) is 0 Å². The van der Waals surface area contributed by atoms with E-state index in [2.05, 4.69) is 131 Å². The fraction of sp³-hybridized carbons (Fsp3) is 0. The van der Waals surface area contributed by atoms with Gasteiger partial charge in [-0.1, -0.05) is 115 Å². The molecule has 9 rings (SSSR count). The minimum Gasteiger partial charge on any atom is -0.311 e. The van der Waals surface area contributed by atoms with Crippen LogP contribution in [0, 0.1) is 0 Å². The molecule has 46 heavy (non-hydrogen) atoms. The van der Waals surface area contributed by atoms with Crippen LogP contribution in [0.2, 0.25) is 0 Å². The predicted molar refractivity (Wildman–Crippen MR) is 194 cm³/mol. The average Bonchev–Trinajstić information content (AvgIpc) is 3.60. The first-order chi connectivity index (χ1) is 22.7. The maximum atomic E-state index is 15.6. The van der Waals surface area contributed by atoms with Gasteiger partial charge >= 0.3 is 0 Å². The summed E-state index contributed by atoms with van der Waals surface area (Å²) < 4.78 is 18.0. The van der Waals surface area contributed by atoms with Gasteiger partial charge in [-0.2, -0.15) is 0 Å². The van der Waals surface area contributed by atoms with Crippen LogP contribution >= 0.6 is 7.14 Å². The van der Waals surface area contributed by atoms with Gasteiger partial charge in [0.15, 0.2) is 7.14 Å². The molecular formula is C42H29N2OP. The quantitative estimate of drug-likeness (QED) is 0.182. The van der Waals surface area contributed by atoms with Crippen molar-refractivity contribution in [3.05, 3.63) is 176 Å². The van der Waals surface area contributed by atoms with E-state index in [-0.39, 0.29) is 0 Å². The molecule has 0 spiro atoms. The second-order valence-corrected chi connectivity index (χ2v) is 14.4. The topological polar surface area (TPSA) is 25.2 Å². The third kappa shape index (κ3) is 3.89. The van der Waals surface area contributed by atoms with Crippen LogP contribution in [0.5, 0.6) is 0 Å². The van der Waals surface area contributed by atoms with Crippen LogP contribution < -0.4 is 20.8 Å². The van der Waals surface area contributed by atoms with E-state index in [0.29, 0.717) is 0 Å². The van der Waals surface area contributed by atoms with Crippen LogP contribution in [0.4, 0.5) is 17.1 Å². The van der Waals surface area contributed by atoms with Gasteiger partial charge in [-0.25, -0.2) is 0 Å². The molecule has 0 saturated carbocycles. The van der Waals surface area contributed by atoms with Gasteiger partial charge in [-0.3, -0.25) is 0 Å². The lowest BCUT2D eigenvalue weighted by Crippen LogP contribution is -2.21. The van der Waals surface area contributed by atoms with Crippen LogP contribution in [0.25, 0.3) is 38.6 Å². The summed E-state index contributed by atoms with van der Waals surface area (Å²) in [6, 6.07) is 60.8. The number of para-hydroxylation sites is 3. The summed E-state index contributed by atoms with van der Waals surface area (Å²) in [6.45, 7) is 0. The van der Waals surface area contributed by atoms with E-state index < -0.39 is 7.14 Å². The molecule has 0 saturated heterocycles. The molecule has 0 aliphatic carbocycles. The standard InChI is InChI=1S/C42H29N2OP/c45-46(34-18-8-3-9-19-34)40-23-13-11-20-35(40)36-28-29-39-41(42(36)46)37-21-10-12-22-38(37)44(39)33-26-24-32(25-27-33)43(30-14-4-1-5-15-30)31-16-6-2-7-17-31/h1-29H. The third-order valence-corrected chi connectivity index (χ3v) is 12.4. The smallest absolute Gasteiger partial charge is 0.172 e. The van der Waals surface area contributed by atoms with Crippen molar-refractivity contribution in [2.24, 2.45) is 0 Å². The molecule has 1 aliphatic heterocycles. The van der Waals surface area contributed by atoms with Crippen LogP contribution in [-0.2, 0) is 4.57 Å². The van der Waals surface area contributed by atoms with Crippen molar-refractivity contribution in [1.29, 1.82) is 0 Å². The predicted octanol–water partition coefficient (Wildman–Crippen LogP) is 9.87. The second-order valence-electron chi connectivity index (χ2n) is 11.7. The highest BCUT2D eigenvalue weighted by atomic mass is 31.2. The molecule has 0 radical (unpaired) electrons. The summed E-state index contributed by atoms with van der Waals surface area (Å²) >= 11 is 0. The molecule has 0 amide bonds. The summed E-state index contributed by atoms with van der Waals surface area (Å²) in [4.78, 5) is 2.27. The zero-order valence-corrected chi connectivity index (χ0v) is 25.9. The fourth-order valence-electron chi connectivity index (χ4n) is 7.22. The minimum absolute atomic E-state index is 0.872. The Morgan fingerprint density at radius 2 is 1.02 bits per heavy atom. The van der Waals surface area contributed by atoms with Gasteiger partial charge in [0.25, 0.3) is 0 Å². The summed E-state index contributed by atoms with van der Waals surface area (Å²) in [5.74, 6) is 0. The number of nitrogens with zero attached hydrogens (tertiary/aromatic N) is 2. The van der Waals surface area contributed by atoms with Crippen molar-refractivity contribution >= 4 is 61.9 Å². The van der Waals surface area contributed by atoms with Gasteiger partial charge in [0.1, 0.15) is 0 Å². The molecule has 218 valence electrons. The van der Waals surface area contributed by atoms with E-state index in [1.165, 1.54) is 0 Å². The maximum Gasteiger partial charge on any atom is 0.172 e. The summed E-state index contributed by atoms with van der Waals surface area (Å²) in [5, 5.41) is 4.92. The van der Waals surface area contributed by atoms with Crippen LogP contribution in [0.3, 0.4) is 0 Å². The van der Waals surface area contributed by atoms with Crippen molar-refractivity contribution in [3.8, 4) is 16.8 Å². The number of anilines is 3. The van der Waals surface area contributed by atoms with Gasteiger partial charge in [0.2, 0.25) is 0 Å². The highest BCUT2D eigenvalue weighted by Gasteiger charge is 2.42. The Balaban J connectivity index is 1.27. The molecule has 1 aromatic heterocycles. The molecule has 7 aromatic carbocycles.